The Labute approximate surface area is 173 Å². The maximum atomic E-state index is 4.79. The molecule has 2 nitrogen and oxygen atoms in total. The molecule has 2 aromatic carbocycles. The molecule has 0 N–H and O–H groups in total. The van der Waals surface area contributed by atoms with E-state index in [9.17, 15) is 0 Å². The minimum Gasteiger partial charge on any atom is -0.255 e. The fourth-order valence-corrected chi connectivity index (χ4v) is 2.54. The normalized spacial score (nSPS) is 12.2. The first-order chi connectivity index (χ1) is 12.7. The van der Waals surface area contributed by atoms with Crippen LogP contribution in [0.25, 0.3) is 12.2 Å². The zero-order valence-electron chi connectivity index (χ0n) is 16.3. The van der Waals surface area contributed by atoms with E-state index in [1.807, 2.05) is 44.3 Å². The quantitative estimate of drug-likeness (QED) is 0.324. The minimum atomic E-state index is 0. The van der Waals surface area contributed by atoms with Crippen LogP contribution in [0.1, 0.15) is 51.2 Å². The maximum absolute atomic E-state index is 4.79. The van der Waals surface area contributed by atoms with Crippen LogP contribution in [0.5, 0.6) is 0 Å². The van der Waals surface area contributed by atoms with Gasteiger partial charge in [-0.1, -0.05) is 61.9 Å². The van der Waals surface area contributed by atoms with Gasteiger partial charge in [0.2, 0.25) is 0 Å². The van der Waals surface area contributed by atoms with Crippen LogP contribution in [0.4, 0.5) is 11.4 Å². The van der Waals surface area contributed by atoms with Crippen molar-refractivity contribution in [3.63, 3.8) is 0 Å². The van der Waals surface area contributed by atoms with Crippen molar-refractivity contribution in [2.75, 3.05) is 0 Å². The number of hydrogen-bond donors (Lipinski definition) is 0. The van der Waals surface area contributed by atoms with Gasteiger partial charge in [0.05, 0.1) is 17.1 Å². The first kappa shape index (κ1) is 22.8. The van der Waals surface area contributed by atoms with Crippen molar-refractivity contribution in [3.8, 4) is 0 Å². The smallest absolute Gasteiger partial charge is 0.0634 e. The third kappa shape index (κ3) is 8.32. The zero-order chi connectivity index (χ0) is 18.6. The number of hydrogen-bond acceptors (Lipinski definition) is 2. The summed E-state index contributed by atoms with van der Waals surface area (Å²) in [5.41, 5.74) is 5.32. The van der Waals surface area contributed by atoms with E-state index in [1.54, 1.807) is 0 Å². The van der Waals surface area contributed by atoms with E-state index in [1.165, 1.54) is 11.1 Å². The molecular weight excluding hydrogens is 375 g/mol. The van der Waals surface area contributed by atoms with E-state index in [0.717, 1.165) is 36.3 Å². The van der Waals surface area contributed by atoms with Gasteiger partial charge in [0, 0.05) is 22.7 Å². The monoisotopic (exact) mass is 402 g/mol. The summed E-state index contributed by atoms with van der Waals surface area (Å²) in [6.45, 7) is 6.24. The predicted molar refractivity (Wildman–Crippen MR) is 117 cm³/mol. The van der Waals surface area contributed by atoms with E-state index >= 15 is 0 Å². The van der Waals surface area contributed by atoms with Gasteiger partial charge in [0.1, 0.15) is 0 Å². The summed E-state index contributed by atoms with van der Waals surface area (Å²) in [5, 5.41) is 0. The third-order valence-electron chi connectivity index (χ3n) is 3.93. The molecule has 0 heterocycles. The Kier molecular flexibility index (Phi) is 11.0. The number of rotatable bonds is 8. The van der Waals surface area contributed by atoms with E-state index in [-0.39, 0.29) is 16.5 Å². The van der Waals surface area contributed by atoms with Crippen LogP contribution >= 0.6 is 0 Å². The van der Waals surface area contributed by atoms with Crippen molar-refractivity contribution in [2.24, 2.45) is 9.98 Å². The Morgan fingerprint density at radius 1 is 0.815 bits per heavy atom. The first-order valence-electron chi connectivity index (χ1n) is 9.32. The van der Waals surface area contributed by atoms with Gasteiger partial charge in [0.15, 0.2) is 0 Å². The van der Waals surface area contributed by atoms with E-state index < -0.39 is 0 Å². The van der Waals surface area contributed by atoms with Gasteiger partial charge in [-0.05, 0) is 62.1 Å². The Morgan fingerprint density at radius 3 is 1.81 bits per heavy atom. The largest absolute Gasteiger partial charge is 0.255 e. The molecule has 0 amide bonds. The molecule has 0 spiro atoms. The van der Waals surface area contributed by atoms with Gasteiger partial charge in [-0.15, -0.1) is 0 Å². The number of unbranched alkanes of at least 4 members (excludes halogenated alkanes) is 1. The Morgan fingerprint density at radius 2 is 1.33 bits per heavy atom. The van der Waals surface area contributed by atoms with Crippen LogP contribution < -0.4 is 0 Å². The fraction of sp³-hybridized carbons (Fsp3) is 0.250. The maximum Gasteiger partial charge on any atom is 0.0634 e. The Hall–Kier alpha value is -2.25. The molecule has 0 atom stereocenters. The van der Waals surface area contributed by atoms with Crippen LogP contribution in [-0.4, -0.2) is 11.9 Å². The van der Waals surface area contributed by atoms with Crippen molar-refractivity contribution < 1.29 is 16.5 Å². The average molecular weight is 403 g/mol. The van der Waals surface area contributed by atoms with Crippen LogP contribution in [0.2, 0.25) is 0 Å². The number of allylic oxidation sites excluding steroid dienone is 2. The second-order valence-electron chi connectivity index (χ2n) is 6.15. The molecule has 27 heavy (non-hydrogen) atoms. The average Bonchev–Trinajstić information content (AvgIpc) is 2.67. The molecule has 0 aliphatic carbocycles. The second kappa shape index (κ2) is 13.0. The number of aliphatic imine (C=N–C) groups is 2. The van der Waals surface area contributed by atoms with Crippen LogP contribution in [0.15, 0.2) is 70.7 Å². The fourth-order valence-electron chi connectivity index (χ4n) is 2.54. The van der Waals surface area contributed by atoms with Crippen LogP contribution in [0.3, 0.4) is 0 Å². The third-order valence-corrected chi connectivity index (χ3v) is 3.93. The Balaban J connectivity index is 0.00000364. The standard InChI is InChI=1S/C24H28N2.Ni/c1-4-7-10-24(26-23-17-13-21(9-6-3)14-18-23)19-25-22-15-11-20(8-5-2)12-16-22;/h5-6,8-9,11-19H,4,7,10H2,1-3H3;/b8-5-,9-6-,25-19?,26-24?;. The minimum absolute atomic E-state index is 0. The molecule has 144 valence electrons. The SMILES string of the molecule is C/C=C\c1ccc(N=CC(CCCC)=Nc2ccc(/C=C\C)cc2)cc1.[Ni]. The van der Waals surface area contributed by atoms with Gasteiger partial charge < -0.3 is 0 Å². The van der Waals surface area contributed by atoms with Gasteiger partial charge >= 0.3 is 0 Å². The van der Waals surface area contributed by atoms with Gasteiger partial charge in [-0.2, -0.15) is 0 Å². The van der Waals surface area contributed by atoms with E-state index in [4.69, 9.17) is 4.99 Å². The molecule has 2 rings (SSSR count). The van der Waals surface area contributed by atoms with Crippen LogP contribution in [0, 0.1) is 0 Å². The summed E-state index contributed by atoms with van der Waals surface area (Å²) < 4.78 is 0. The van der Waals surface area contributed by atoms with Crippen molar-refractivity contribution in [1.82, 2.24) is 0 Å². The second-order valence-corrected chi connectivity index (χ2v) is 6.15. The zero-order valence-corrected chi connectivity index (χ0v) is 17.3. The molecule has 2 aromatic rings. The molecule has 0 fully saturated rings. The molecule has 0 saturated carbocycles. The summed E-state index contributed by atoms with van der Waals surface area (Å²) in [6, 6.07) is 16.5. The van der Waals surface area contributed by atoms with Crippen molar-refractivity contribution in [3.05, 3.63) is 71.8 Å². The van der Waals surface area contributed by atoms with Crippen molar-refractivity contribution in [2.45, 2.75) is 40.0 Å². The topological polar surface area (TPSA) is 24.7 Å². The van der Waals surface area contributed by atoms with Gasteiger partial charge in [-0.25, -0.2) is 0 Å². The first-order valence-corrected chi connectivity index (χ1v) is 9.32. The summed E-state index contributed by atoms with van der Waals surface area (Å²) in [7, 11) is 0. The van der Waals surface area contributed by atoms with Gasteiger partial charge in [0.25, 0.3) is 0 Å². The number of nitrogens with zero attached hydrogens (tertiary/aromatic N) is 2. The molecule has 0 radical (unpaired) electrons. The molecule has 0 saturated heterocycles. The molecule has 0 bridgehead atoms. The molecular formula is C24H28N2Ni. The van der Waals surface area contributed by atoms with Crippen molar-refractivity contribution >= 4 is 35.5 Å². The summed E-state index contributed by atoms with van der Waals surface area (Å²) >= 11 is 0. The van der Waals surface area contributed by atoms with Gasteiger partial charge in [-0.3, -0.25) is 9.98 Å². The summed E-state index contributed by atoms with van der Waals surface area (Å²) in [5.74, 6) is 0. The predicted octanol–water partition coefficient (Wildman–Crippen LogP) is 7.42. The molecule has 0 aliphatic heterocycles. The van der Waals surface area contributed by atoms with Crippen molar-refractivity contribution in [1.29, 1.82) is 0 Å². The number of benzene rings is 2. The van der Waals surface area contributed by atoms with E-state index in [0.29, 0.717) is 0 Å². The Bertz CT molecular complexity index is 782. The summed E-state index contributed by atoms with van der Waals surface area (Å²) in [4.78, 5) is 9.40. The molecule has 3 heteroatoms. The summed E-state index contributed by atoms with van der Waals surface area (Å²) in [6.07, 6.45) is 13.3. The van der Waals surface area contributed by atoms with E-state index in [2.05, 4.69) is 60.5 Å². The molecule has 0 unspecified atom stereocenters. The molecule has 0 aromatic heterocycles. The molecule has 0 aliphatic rings. The van der Waals surface area contributed by atoms with Crippen LogP contribution in [-0.2, 0) is 16.5 Å².